The number of benzene rings is 1. The first-order chi connectivity index (χ1) is 9.59. The van der Waals surface area contributed by atoms with Gasteiger partial charge in [0, 0.05) is 39.0 Å². The maximum absolute atomic E-state index is 13.4. The van der Waals surface area contributed by atoms with Crippen LogP contribution in [0.2, 0.25) is 0 Å². The number of hydrogen-bond donors (Lipinski definition) is 2. The van der Waals surface area contributed by atoms with Crippen molar-refractivity contribution in [2.45, 2.75) is 12.5 Å². The molecule has 2 rings (SSSR count). The second kappa shape index (κ2) is 6.58. The molecule has 0 spiro atoms. The molecule has 1 heterocycles. The number of imidazole rings is 1. The summed E-state index contributed by atoms with van der Waals surface area (Å²) in [6.07, 6.45) is 3.02. The molecule has 0 amide bonds. The number of aromatic nitrogens is 2. The van der Waals surface area contributed by atoms with Gasteiger partial charge in [-0.05, 0) is 12.1 Å². The molecule has 0 saturated carbocycles. The molecular formula is C14H17F2N3O. The predicted molar refractivity (Wildman–Crippen MR) is 71.1 cm³/mol. The number of halogens is 2. The third-order valence-electron chi connectivity index (χ3n) is 3.12. The summed E-state index contributed by atoms with van der Waals surface area (Å²) in [4.78, 5) is 4.16. The molecule has 6 heteroatoms. The zero-order chi connectivity index (χ0) is 14.5. The summed E-state index contributed by atoms with van der Waals surface area (Å²) in [7, 11) is 1.89. The minimum atomic E-state index is -1.21. The Morgan fingerprint density at radius 1 is 1.35 bits per heavy atom. The Bertz CT molecular complexity index is 551. The van der Waals surface area contributed by atoms with Gasteiger partial charge in [0.1, 0.15) is 17.5 Å². The van der Waals surface area contributed by atoms with Crippen molar-refractivity contribution in [1.29, 1.82) is 0 Å². The molecular weight excluding hydrogens is 264 g/mol. The molecule has 1 aromatic heterocycles. The average Bonchev–Trinajstić information content (AvgIpc) is 2.80. The van der Waals surface area contributed by atoms with E-state index in [1.807, 2.05) is 17.8 Å². The van der Waals surface area contributed by atoms with E-state index in [0.29, 0.717) is 13.0 Å². The lowest BCUT2D eigenvalue weighted by molar-refractivity contribution is 0.165. The maximum atomic E-state index is 13.4. The van der Waals surface area contributed by atoms with Crippen molar-refractivity contribution in [3.05, 3.63) is 53.6 Å². The fourth-order valence-corrected chi connectivity index (χ4v) is 2.01. The number of rotatable bonds is 6. The lowest BCUT2D eigenvalue weighted by Crippen LogP contribution is -2.25. The molecule has 0 aliphatic heterocycles. The molecule has 108 valence electrons. The van der Waals surface area contributed by atoms with Crippen molar-refractivity contribution in [3.8, 4) is 0 Å². The quantitative estimate of drug-likeness (QED) is 0.790. The zero-order valence-electron chi connectivity index (χ0n) is 11.2. The van der Waals surface area contributed by atoms with Gasteiger partial charge in [-0.25, -0.2) is 13.8 Å². The molecule has 2 aromatic rings. The first-order valence-electron chi connectivity index (χ1n) is 6.38. The van der Waals surface area contributed by atoms with Crippen molar-refractivity contribution >= 4 is 0 Å². The fraction of sp³-hybridized carbons (Fsp3) is 0.357. The first-order valence-corrected chi connectivity index (χ1v) is 6.38. The van der Waals surface area contributed by atoms with Crippen molar-refractivity contribution in [2.24, 2.45) is 7.05 Å². The highest BCUT2D eigenvalue weighted by atomic mass is 19.1. The summed E-state index contributed by atoms with van der Waals surface area (Å²) in [5, 5.41) is 12.8. The van der Waals surface area contributed by atoms with Crippen LogP contribution in [0.25, 0.3) is 0 Å². The van der Waals surface area contributed by atoms with Crippen LogP contribution in [0.15, 0.2) is 30.6 Å². The van der Waals surface area contributed by atoms with E-state index in [-0.39, 0.29) is 12.1 Å². The van der Waals surface area contributed by atoms with E-state index >= 15 is 0 Å². The van der Waals surface area contributed by atoms with Gasteiger partial charge >= 0.3 is 0 Å². The summed E-state index contributed by atoms with van der Waals surface area (Å²) in [6.45, 7) is 0.653. The third-order valence-corrected chi connectivity index (χ3v) is 3.12. The molecule has 0 fully saturated rings. The number of aliphatic hydroxyl groups excluding tert-OH is 1. The van der Waals surface area contributed by atoms with Gasteiger partial charge in [-0.1, -0.05) is 6.07 Å². The van der Waals surface area contributed by atoms with Gasteiger partial charge in [0.2, 0.25) is 0 Å². The molecule has 0 aliphatic rings. The van der Waals surface area contributed by atoms with Crippen LogP contribution in [-0.4, -0.2) is 27.7 Å². The number of nitrogens with zero attached hydrogens (tertiary/aromatic N) is 2. The first kappa shape index (κ1) is 14.6. The van der Waals surface area contributed by atoms with Crippen LogP contribution in [0.5, 0.6) is 0 Å². The summed E-state index contributed by atoms with van der Waals surface area (Å²) >= 11 is 0. The summed E-state index contributed by atoms with van der Waals surface area (Å²) in [6, 6.07) is 3.54. The van der Waals surface area contributed by atoms with Crippen LogP contribution in [0, 0.1) is 11.6 Å². The number of nitrogens with one attached hydrogen (secondary N) is 1. The van der Waals surface area contributed by atoms with Crippen LogP contribution in [0.4, 0.5) is 8.78 Å². The topological polar surface area (TPSA) is 50.1 Å². The van der Waals surface area contributed by atoms with Crippen LogP contribution < -0.4 is 5.32 Å². The Morgan fingerprint density at radius 2 is 2.05 bits per heavy atom. The van der Waals surface area contributed by atoms with E-state index in [0.717, 1.165) is 18.0 Å². The normalized spacial score (nSPS) is 12.6. The molecule has 2 N–H and O–H groups in total. The van der Waals surface area contributed by atoms with Gasteiger partial charge in [-0.2, -0.15) is 0 Å². The molecule has 0 aliphatic carbocycles. The summed E-state index contributed by atoms with van der Waals surface area (Å²) in [5.74, 6) is -0.559. The number of aliphatic hydroxyl groups is 1. The van der Waals surface area contributed by atoms with Crippen LogP contribution in [0.1, 0.15) is 17.5 Å². The van der Waals surface area contributed by atoms with Crippen molar-refractivity contribution in [2.75, 3.05) is 13.1 Å². The molecule has 0 saturated heterocycles. The largest absolute Gasteiger partial charge is 0.387 e. The van der Waals surface area contributed by atoms with Crippen LogP contribution in [-0.2, 0) is 13.5 Å². The Balaban J connectivity index is 1.84. The van der Waals surface area contributed by atoms with E-state index in [4.69, 9.17) is 0 Å². The molecule has 0 bridgehead atoms. The monoisotopic (exact) mass is 281 g/mol. The predicted octanol–water partition coefficient (Wildman–Crippen LogP) is 1.56. The number of aryl methyl sites for hydroxylation is 1. The Labute approximate surface area is 116 Å². The summed E-state index contributed by atoms with van der Waals surface area (Å²) < 4.78 is 28.8. The van der Waals surface area contributed by atoms with Gasteiger partial charge in [-0.3, -0.25) is 0 Å². The second-order valence-corrected chi connectivity index (χ2v) is 4.56. The van der Waals surface area contributed by atoms with Crippen molar-refractivity contribution in [1.82, 2.24) is 14.9 Å². The second-order valence-electron chi connectivity index (χ2n) is 4.56. The number of hydrogen-bond acceptors (Lipinski definition) is 3. The highest BCUT2D eigenvalue weighted by molar-refractivity contribution is 5.22. The van der Waals surface area contributed by atoms with E-state index in [1.165, 1.54) is 6.07 Å². The van der Waals surface area contributed by atoms with E-state index in [1.54, 1.807) is 6.20 Å². The van der Waals surface area contributed by atoms with Gasteiger partial charge in [0.15, 0.2) is 0 Å². The van der Waals surface area contributed by atoms with E-state index < -0.39 is 17.7 Å². The van der Waals surface area contributed by atoms with Gasteiger partial charge < -0.3 is 15.0 Å². The lowest BCUT2D eigenvalue weighted by Gasteiger charge is -2.13. The van der Waals surface area contributed by atoms with E-state index in [9.17, 15) is 13.9 Å². The zero-order valence-corrected chi connectivity index (χ0v) is 11.2. The highest BCUT2D eigenvalue weighted by Gasteiger charge is 2.17. The fourth-order valence-electron chi connectivity index (χ4n) is 2.01. The SMILES string of the molecule is Cn1ccnc1CCNCC(O)c1c(F)cccc1F. The Hall–Kier alpha value is -1.79. The Kier molecular flexibility index (Phi) is 4.81. The average molecular weight is 281 g/mol. The van der Waals surface area contributed by atoms with Gasteiger partial charge in [0.25, 0.3) is 0 Å². The minimum Gasteiger partial charge on any atom is -0.387 e. The maximum Gasteiger partial charge on any atom is 0.131 e. The molecule has 1 unspecified atom stereocenters. The molecule has 4 nitrogen and oxygen atoms in total. The van der Waals surface area contributed by atoms with Crippen molar-refractivity contribution < 1.29 is 13.9 Å². The van der Waals surface area contributed by atoms with Crippen LogP contribution >= 0.6 is 0 Å². The Morgan fingerprint density at radius 3 is 2.65 bits per heavy atom. The lowest BCUT2D eigenvalue weighted by atomic mass is 10.1. The minimum absolute atomic E-state index is 0.0856. The molecule has 0 radical (unpaired) electrons. The van der Waals surface area contributed by atoms with Gasteiger partial charge in [0.05, 0.1) is 11.7 Å². The molecule has 20 heavy (non-hydrogen) atoms. The van der Waals surface area contributed by atoms with Gasteiger partial charge in [-0.15, -0.1) is 0 Å². The smallest absolute Gasteiger partial charge is 0.131 e. The van der Waals surface area contributed by atoms with E-state index in [2.05, 4.69) is 10.3 Å². The van der Waals surface area contributed by atoms with Crippen LogP contribution in [0.3, 0.4) is 0 Å². The molecule has 1 aromatic carbocycles. The highest BCUT2D eigenvalue weighted by Crippen LogP contribution is 2.19. The summed E-state index contributed by atoms with van der Waals surface area (Å²) in [5.41, 5.74) is -0.294. The standard InChI is InChI=1S/C14H17F2N3O/c1-19-8-7-18-13(19)5-6-17-9-12(20)14-10(15)3-2-4-11(14)16/h2-4,7-8,12,17,20H,5-6,9H2,1H3. The third kappa shape index (κ3) is 3.40. The molecule has 1 atom stereocenters. The van der Waals surface area contributed by atoms with Crippen molar-refractivity contribution in [3.63, 3.8) is 0 Å².